The largest absolute Gasteiger partial charge is 0.492 e. The maximum Gasteiger partial charge on any atom is 0.252 e. The maximum atomic E-state index is 13.1. The Labute approximate surface area is 183 Å². The Morgan fingerprint density at radius 1 is 0.903 bits per heavy atom. The van der Waals surface area contributed by atoms with Crippen molar-refractivity contribution < 1.29 is 17.9 Å². The Morgan fingerprint density at radius 2 is 1.48 bits per heavy atom. The predicted molar refractivity (Wildman–Crippen MR) is 121 cm³/mol. The molecule has 0 unspecified atom stereocenters. The first-order valence-corrected chi connectivity index (χ1v) is 11.6. The van der Waals surface area contributed by atoms with Gasteiger partial charge in [-0.3, -0.25) is 4.79 Å². The highest BCUT2D eigenvalue weighted by atomic mass is 32.2. The third-order valence-corrected chi connectivity index (χ3v) is 6.24. The number of hydrogen-bond acceptors (Lipinski definition) is 4. The van der Waals surface area contributed by atoms with Crippen LogP contribution >= 0.6 is 0 Å². The van der Waals surface area contributed by atoms with Crippen LogP contribution in [0.25, 0.3) is 0 Å². The molecule has 31 heavy (non-hydrogen) atoms. The van der Waals surface area contributed by atoms with Gasteiger partial charge in [0.15, 0.2) is 0 Å². The minimum absolute atomic E-state index is 0.0557. The van der Waals surface area contributed by atoms with Crippen molar-refractivity contribution in [3.05, 3.63) is 95.6 Å². The number of rotatable bonds is 9. The first-order chi connectivity index (χ1) is 15.0. The van der Waals surface area contributed by atoms with Gasteiger partial charge in [0.2, 0.25) is 10.0 Å². The van der Waals surface area contributed by atoms with E-state index in [-0.39, 0.29) is 34.7 Å². The van der Waals surface area contributed by atoms with Gasteiger partial charge in [-0.05, 0) is 36.2 Å². The van der Waals surface area contributed by atoms with Gasteiger partial charge >= 0.3 is 0 Å². The van der Waals surface area contributed by atoms with Crippen LogP contribution in [-0.4, -0.2) is 27.5 Å². The minimum Gasteiger partial charge on any atom is -0.492 e. The summed E-state index contributed by atoms with van der Waals surface area (Å²) < 4.78 is 33.2. The molecule has 0 fully saturated rings. The van der Waals surface area contributed by atoms with Gasteiger partial charge in [0.25, 0.3) is 5.91 Å². The first kappa shape index (κ1) is 22.5. The summed E-state index contributed by atoms with van der Waals surface area (Å²) in [6, 6.07) is 23.3. The normalized spacial score (nSPS) is 11.3. The molecular formula is C24H26N2O4S. The van der Waals surface area contributed by atoms with E-state index in [0.29, 0.717) is 6.61 Å². The van der Waals surface area contributed by atoms with Gasteiger partial charge in [0.1, 0.15) is 10.6 Å². The Hall–Kier alpha value is -3.16. The Morgan fingerprint density at radius 3 is 2.00 bits per heavy atom. The van der Waals surface area contributed by atoms with Crippen LogP contribution in [0, 0.1) is 0 Å². The molecule has 7 heteroatoms. The molecule has 3 rings (SSSR count). The van der Waals surface area contributed by atoms with Gasteiger partial charge in [-0.25, -0.2) is 13.1 Å². The van der Waals surface area contributed by atoms with Crippen molar-refractivity contribution >= 4 is 15.9 Å². The Bertz CT molecular complexity index is 1080. The topological polar surface area (TPSA) is 84.5 Å². The van der Waals surface area contributed by atoms with E-state index >= 15 is 0 Å². The highest BCUT2D eigenvalue weighted by Crippen LogP contribution is 2.27. The number of amides is 1. The molecule has 0 saturated carbocycles. The summed E-state index contributed by atoms with van der Waals surface area (Å²) in [7, 11) is -3.81. The van der Waals surface area contributed by atoms with Gasteiger partial charge in [-0.2, -0.15) is 0 Å². The van der Waals surface area contributed by atoms with Gasteiger partial charge in [0, 0.05) is 12.1 Å². The molecule has 0 aliphatic heterocycles. The molecule has 3 aromatic carbocycles. The molecule has 0 aliphatic carbocycles. The average Bonchev–Trinajstić information content (AvgIpc) is 2.79. The number of nitrogens with one attached hydrogen (secondary N) is 2. The molecule has 0 saturated heterocycles. The summed E-state index contributed by atoms with van der Waals surface area (Å²) in [5.74, 6) is -0.170. The van der Waals surface area contributed by atoms with Crippen LogP contribution in [-0.2, 0) is 10.0 Å². The highest BCUT2D eigenvalue weighted by Gasteiger charge is 2.23. The second-order valence-electron chi connectivity index (χ2n) is 6.82. The number of sulfonamides is 1. The van der Waals surface area contributed by atoms with Crippen molar-refractivity contribution in [3.63, 3.8) is 0 Å². The van der Waals surface area contributed by atoms with Crippen molar-refractivity contribution in [2.24, 2.45) is 0 Å². The third-order valence-electron chi connectivity index (χ3n) is 4.67. The van der Waals surface area contributed by atoms with E-state index in [1.807, 2.05) is 60.7 Å². The van der Waals surface area contributed by atoms with E-state index in [4.69, 9.17) is 4.74 Å². The predicted octanol–water partition coefficient (Wildman–Crippen LogP) is 3.90. The summed E-state index contributed by atoms with van der Waals surface area (Å²) in [6.07, 6.45) is 0. The molecular weight excluding hydrogens is 412 g/mol. The van der Waals surface area contributed by atoms with Crippen LogP contribution in [0.3, 0.4) is 0 Å². The lowest BCUT2D eigenvalue weighted by molar-refractivity contribution is 0.0942. The first-order valence-electron chi connectivity index (χ1n) is 10.1. The molecule has 0 spiro atoms. The maximum absolute atomic E-state index is 13.1. The minimum atomic E-state index is -3.81. The SMILES string of the molecule is CCNS(=O)(=O)c1cc(C(=O)NC(c2ccccc2)c2ccccc2)ccc1OCC. The Kier molecular flexibility index (Phi) is 7.44. The number of ether oxygens (including phenoxy) is 1. The number of carbonyl (C=O) groups excluding carboxylic acids is 1. The molecule has 0 aliphatic rings. The fourth-order valence-corrected chi connectivity index (χ4v) is 4.48. The molecule has 0 aromatic heterocycles. The van der Waals surface area contributed by atoms with Gasteiger partial charge in [-0.1, -0.05) is 67.6 Å². The van der Waals surface area contributed by atoms with E-state index in [1.54, 1.807) is 19.9 Å². The summed E-state index contributed by atoms with van der Waals surface area (Å²) in [6.45, 7) is 4.01. The molecule has 0 bridgehead atoms. The summed E-state index contributed by atoms with van der Waals surface area (Å²) in [4.78, 5) is 13.1. The van der Waals surface area contributed by atoms with E-state index in [2.05, 4.69) is 10.0 Å². The lowest BCUT2D eigenvalue weighted by atomic mass is 9.98. The number of carbonyl (C=O) groups is 1. The van der Waals surface area contributed by atoms with Gasteiger partial charge in [0.05, 0.1) is 12.6 Å². The highest BCUT2D eigenvalue weighted by molar-refractivity contribution is 7.89. The van der Waals surface area contributed by atoms with E-state index in [0.717, 1.165) is 11.1 Å². The van der Waals surface area contributed by atoms with E-state index in [1.165, 1.54) is 12.1 Å². The van der Waals surface area contributed by atoms with Crippen LogP contribution in [0.1, 0.15) is 41.4 Å². The second kappa shape index (κ2) is 10.2. The molecule has 3 aromatic rings. The van der Waals surface area contributed by atoms with Crippen molar-refractivity contribution in [1.82, 2.24) is 10.0 Å². The molecule has 6 nitrogen and oxygen atoms in total. The number of hydrogen-bond donors (Lipinski definition) is 2. The van der Waals surface area contributed by atoms with Crippen molar-refractivity contribution in [1.29, 1.82) is 0 Å². The van der Waals surface area contributed by atoms with Crippen LogP contribution < -0.4 is 14.8 Å². The quantitative estimate of drug-likeness (QED) is 0.531. The van der Waals surface area contributed by atoms with Crippen LogP contribution in [0.5, 0.6) is 5.75 Å². The summed E-state index contributed by atoms with van der Waals surface area (Å²) in [5, 5.41) is 3.03. The lowest BCUT2D eigenvalue weighted by Crippen LogP contribution is -2.30. The molecule has 0 radical (unpaired) electrons. The van der Waals surface area contributed by atoms with Crippen LogP contribution in [0.15, 0.2) is 83.8 Å². The average molecular weight is 439 g/mol. The standard InChI is InChI=1S/C24H26N2O4S/c1-3-25-31(28,29)22-17-20(15-16-21(22)30-4-2)24(27)26-23(18-11-7-5-8-12-18)19-13-9-6-10-14-19/h5-17,23,25H,3-4H2,1-2H3,(H,26,27). The van der Waals surface area contributed by atoms with Crippen molar-refractivity contribution in [2.75, 3.05) is 13.2 Å². The smallest absolute Gasteiger partial charge is 0.252 e. The molecule has 162 valence electrons. The van der Waals surface area contributed by atoms with E-state index < -0.39 is 10.0 Å². The summed E-state index contributed by atoms with van der Waals surface area (Å²) >= 11 is 0. The van der Waals surface area contributed by atoms with Crippen LogP contribution in [0.2, 0.25) is 0 Å². The second-order valence-corrected chi connectivity index (χ2v) is 8.56. The summed E-state index contributed by atoms with van der Waals surface area (Å²) in [5.41, 5.74) is 2.08. The molecule has 2 N–H and O–H groups in total. The van der Waals surface area contributed by atoms with Crippen molar-refractivity contribution in [2.45, 2.75) is 24.8 Å². The molecule has 0 heterocycles. The van der Waals surface area contributed by atoms with Crippen molar-refractivity contribution in [3.8, 4) is 5.75 Å². The van der Waals surface area contributed by atoms with Crippen LogP contribution in [0.4, 0.5) is 0 Å². The zero-order valence-corrected chi connectivity index (χ0v) is 18.4. The lowest BCUT2D eigenvalue weighted by Gasteiger charge is -2.20. The monoisotopic (exact) mass is 438 g/mol. The zero-order chi connectivity index (χ0) is 22.3. The third kappa shape index (κ3) is 5.51. The fraction of sp³-hybridized carbons (Fsp3) is 0.208. The fourth-order valence-electron chi connectivity index (χ4n) is 3.27. The molecule has 1 amide bonds. The van der Waals surface area contributed by atoms with Gasteiger partial charge in [-0.15, -0.1) is 0 Å². The zero-order valence-electron chi connectivity index (χ0n) is 17.5. The number of benzene rings is 3. The van der Waals surface area contributed by atoms with E-state index in [9.17, 15) is 13.2 Å². The van der Waals surface area contributed by atoms with Gasteiger partial charge < -0.3 is 10.1 Å². The Balaban J connectivity index is 1.97. The molecule has 0 atom stereocenters.